The monoisotopic (exact) mass is 325 g/mol. The number of carbonyl (C=O) groups excluding carboxylic acids is 1. The summed E-state index contributed by atoms with van der Waals surface area (Å²) in [5, 5.41) is 5.46. The molecule has 0 bridgehead atoms. The molecule has 0 aromatic carbocycles. The van der Waals surface area contributed by atoms with E-state index in [0.717, 1.165) is 0 Å². The molecular weight excluding hydrogens is 306 g/mol. The largest absolute Gasteiger partial charge is 0.353 e. The Hall–Kier alpha value is -1.16. The van der Waals surface area contributed by atoms with Gasteiger partial charge in [-0.25, -0.2) is 18.1 Å². The van der Waals surface area contributed by atoms with Gasteiger partial charge < -0.3 is 15.2 Å². The minimum atomic E-state index is -3.74. The van der Waals surface area contributed by atoms with Crippen molar-refractivity contribution in [3.05, 3.63) is 12.5 Å². The summed E-state index contributed by atoms with van der Waals surface area (Å²) in [6, 6.07) is 0.122. The van der Waals surface area contributed by atoms with Gasteiger partial charge in [-0.2, -0.15) is 0 Å². The predicted molar refractivity (Wildman–Crippen MR) is 77.2 cm³/mol. The molecule has 20 heavy (non-hydrogen) atoms. The number of hydrogen-bond acceptors (Lipinski definition) is 5. The number of carbonyl (C=O) groups is 1. The average molecular weight is 326 g/mol. The number of aryl methyl sites for hydroxylation is 1. The van der Waals surface area contributed by atoms with Crippen LogP contribution in [0.2, 0.25) is 0 Å². The Morgan fingerprint density at radius 2 is 2.15 bits per heavy atom. The normalized spacial score (nSPS) is 12.6. The van der Waals surface area contributed by atoms with Crippen molar-refractivity contribution in [2.24, 2.45) is 7.05 Å². The molecule has 0 fully saturated rings. The number of halogens is 1. The van der Waals surface area contributed by atoms with Crippen LogP contribution in [0.5, 0.6) is 0 Å². The van der Waals surface area contributed by atoms with Crippen molar-refractivity contribution in [3.8, 4) is 0 Å². The molecule has 0 aliphatic heterocycles. The van der Waals surface area contributed by atoms with Crippen LogP contribution < -0.4 is 15.4 Å². The molecular formula is C10H20ClN5O3S. The number of amides is 1. The van der Waals surface area contributed by atoms with Crippen molar-refractivity contribution < 1.29 is 13.2 Å². The summed E-state index contributed by atoms with van der Waals surface area (Å²) in [5.74, 6) is -0.387. The number of nitrogens with zero attached hydrogens (tertiary/aromatic N) is 2. The third-order valence-electron chi connectivity index (χ3n) is 2.48. The van der Waals surface area contributed by atoms with Gasteiger partial charge in [0.1, 0.15) is 0 Å². The molecule has 1 heterocycles. The Balaban J connectivity index is 0.00000361. The lowest BCUT2D eigenvalue weighted by Gasteiger charge is -2.11. The zero-order valence-electron chi connectivity index (χ0n) is 11.6. The van der Waals surface area contributed by atoms with Crippen LogP contribution in [0.1, 0.15) is 6.92 Å². The highest BCUT2D eigenvalue weighted by molar-refractivity contribution is 7.89. The highest BCUT2D eigenvalue weighted by Crippen LogP contribution is 2.02. The van der Waals surface area contributed by atoms with Crippen LogP contribution in [0.3, 0.4) is 0 Å². The van der Waals surface area contributed by atoms with Crippen LogP contribution in [0, 0.1) is 0 Å². The fraction of sp³-hybridized carbons (Fsp3) is 0.600. The molecule has 0 aliphatic carbocycles. The zero-order valence-corrected chi connectivity index (χ0v) is 13.2. The van der Waals surface area contributed by atoms with Crippen LogP contribution in [-0.4, -0.2) is 50.1 Å². The molecule has 1 atom stereocenters. The van der Waals surface area contributed by atoms with E-state index in [0.29, 0.717) is 6.54 Å². The van der Waals surface area contributed by atoms with Gasteiger partial charge >= 0.3 is 0 Å². The number of hydrogen-bond donors (Lipinski definition) is 3. The van der Waals surface area contributed by atoms with E-state index in [1.165, 1.54) is 17.1 Å². The maximum Gasteiger partial charge on any atom is 0.260 e. The van der Waals surface area contributed by atoms with Crippen molar-refractivity contribution in [1.29, 1.82) is 0 Å². The summed E-state index contributed by atoms with van der Waals surface area (Å²) in [6.45, 7) is 2.02. The van der Waals surface area contributed by atoms with Gasteiger partial charge in [-0.1, -0.05) is 0 Å². The number of nitrogens with one attached hydrogen (secondary N) is 3. The van der Waals surface area contributed by atoms with E-state index < -0.39 is 10.0 Å². The predicted octanol–water partition coefficient (Wildman–Crippen LogP) is -1.16. The van der Waals surface area contributed by atoms with Gasteiger partial charge in [0.15, 0.2) is 5.03 Å². The molecule has 1 amide bonds. The molecule has 8 nitrogen and oxygen atoms in total. The molecule has 10 heteroatoms. The van der Waals surface area contributed by atoms with Gasteiger partial charge in [-0.3, -0.25) is 4.79 Å². The number of imidazole rings is 1. The summed E-state index contributed by atoms with van der Waals surface area (Å²) >= 11 is 0. The summed E-state index contributed by atoms with van der Waals surface area (Å²) in [7, 11) is -0.294. The first-order valence-electron chi connectivity index (χ1n) is 5.76. The molecule has 3 N–H and O–H groups in total. The van der Waals surface area contributed by atoms with Gasteiger partial charge in [0.2, 0.25) is 5.91 Å². The van der Waals surface area contributed by atoms with Gasteiger partial charge in [-0.05, 0) is 14.0 Å². The number of aromatic nitrogens is 2. The highest BCUT2D eigenvalue weighted by atomic mass is 35.5. The summed E-state index contributed by atoms with van der Waals surface area (Å²) in [6.07, 6.45) is 2.74. The molecule has 0 saturated heterocycles. The lowest BCUT2D eigenvalue weighted by molar-refractivity contribution is -0.120. The molecule has 0 saturated carbocycles. The molecule has 116 valence electrons. The SMILES string of the molecule is CNC(C)CNC(=O)CNS(=O)(=O)c1cn(C)cn1.Cl. The summed E-state index contributed by atoms with van der Waals surface area (Å²) < 4.78 is 27.2. The van der Waals surface area contributed by atoms with Gasteiger partial charge in [0.25, 0.3) is 10.0 Å². The van der Waals surface area contributed by atoms with Crippen molar-refractivity contribution in [2.45, 2.75) is 18.0 Å². The average Bonchev–Trinajstić information content (AvgIpc) is 2.81. The van der Waals surface area contributed by atoms with Gasteiger partial charge in [-0.15, -0.1) is 12.4 Å². The molecule has 1 rings (SSSR count). The van der Waals surface area contributed by atoms with Crippen LogP contribution in [0.15, 0.2) is 17.6 Å². The maximum atomic E-state index is 11.8. The van der Waals surface area contributed by atoms with E-state index >= 15 is 0 Å². The first-order valence-corrected chi connectivity index (χ1v) is 7.25. The second kappa shape index (κ2) is 8.20. The first-order chi connectivity index (χ1) is 8.85. The fourth-order valence-corrected chi connectivity index (χ4v) is 2.15. The molecule has 1 aromatic heterocycles. The number of likely N-dealkylation sites (N-methyl/N-ethyl adjacent to an activating group) is 1. The molecule has 0 spiro atoms. The standard InChI is InChI=1S/C10H19N5O3S.ClH/c1-8(11-2)4-12-9(16)5-14-19(17,18)10-6-15(3)7-13-10;/h6-8,11,14H,4-5H2,1-3H3,(H,12,16);1H. The lowest BCUT2D eigenvalue weighted by atomic mass is 10.3. The van der Waals surface area contributed by atoms with E-state index in [1.807, 2.05) is 6.92 Å². The van der Waals surface area contributed by atoms with Gasteiger partial charge in [0.05, 0.1) is 12.9 Å². The molecule has 0 aliphatic rings. The van der Waals surface area contributed by atoms with Crippen molar-refractivity contribution in [3.63, 3.8) is 0 Å². The van der Waals surface area contributed by atoms with E-state index in [-0.39, 0.29) is 35.9 Å². The minimum Gasteiger partial charge on any atom is -0.353 e. The second-order valence-electron chi connectivity index (χ2n) is 4.20. The molecule has 1 unspecified atom stereocenters. The van der Waals surface area contributed by atoms with Crippen LogP contribution in [0.4, 0.5) is 0 Å². The van der Waals surface area contributed by atoms with Crippen LogP contribution >= 0.6 is 12.4 Å². The number of sulfonamides is 1. The van der Waals surface area contributed by atoms with Crippen molar-refractivity contribution >= 4 is 28.3 Å². The topological polar surface area (TPSA) is 105 Å². The quantitative estimate of drug-likeness (QED) is 0.587. The maximum absolute atomic E-state index is 11.8. The van der Waals surface area contributed by atoms with Crippen LogP contribution in [-0.2, 0) is 21.9 Å². The van der Waals surface area contributed by atoms with Crippen molar-refractivity contribution in [1.82, 2.24) is 24.9 Å². The summed E-state index contributed by atoms with van der Waals surface area (Å²) in [4.78, 5) is 15.2. The molecule has 0 radical (unpaired) electrons. The Kier molecular flexibility index (Phi) is 7.72. The highest BCUT2D eigenvalue weighted by Gasteiger charge is 2.17. The minimum absolute atomic E-state index is 0. The Morgan fingerprint density at radius 3 is 2.65 bits per heavy atom. The first kappa shape index (κ1) is 18.8. The smallest absolute Gasteiger partial charge is 0.260 e. The number of rotatable bonds is 7. The van der Waals surface area contributed by atoms with Crippen molar-refractivity contribution in [2.75, 3.05) is 20.1 Å². The zero-order chi connectivity index (χ0) is 14.5. The van der Waals surface area contributed by atoms with Crippen LogP contribution in [0.25, 0.3) is 0 Å². The Labute approximate surface area is 124 Å². The fourth-order valence-electron chi connectivity index (χ4n) is 1.19. The second-order valence-corrected chi connectivity index (χ2v) is 5.91. The lowest BCUT2D eigenvalue weighted by Crippen LogP contribution is -2.42. The van der Waals surface area contributed by atoms with E-state index in [2.05, 4.69) is 20.3 Å². The summed E-state index contributed by atoms with van der Waals surface area (Å²) in [5.41, 5.74) is 0. The third-order valence-corrected chi connectivity index (χ3v) is 3.76. The Morgan fingerprint density at radius 1 is 1.50 bits per heavy atom. The Bertz CT molecular complexity index is 531. The van der Waals surface area contributed by atoms with E-state index in [4.69, 9.17) is 0 Å². The van der Waals surface area contributed by atoms with E-state index in [1.54, 1.807) is 14.1 Å². The van der Waals surface area contributed by atoms with Gasteiger partial charge in [0, 0.05) is 25.8 Å². The third kappa shape index (κ3) is 5.87. The van der Waals surface area contributed by atoms with E-state index in [9.17, 15) is 13.2 Å². The molecule has 1 aromatic rings.